The van der Waals surface area contributed by atoms with Gasteiger partial charge in [-0.15, -0.1) is 0 Å². The van der Waals surface area contributed by atoms with E-state index in [1.807, 2.05) is 0 Å². The fourth-order valence-electron chi connectivity index (χ4n) is 1.59. The normalized spacial score (nSPS) is 11.3. The Morgan fingerprint density at radius 1 is 1.35 bits per heavy atom. The Morgan fingerprint density at radius 3 is 2.55 bits per heavy atom. The number of phenolic OH excluding ortho intramolecular Hbond substituents is 1. The van der Waals surface area contributed by atoms with E-state index in [9.17, 15) is 22.7 Å². The number of hydrogen-bond donors (Lipinski definition) is 3. The molecule has 0 spiro atoms. The number of aryl methyl sites for hydroxylation is 1. The topological polar surface area (TPSA) is 104 Å². The number of carbonyl (C=O) groups is 1. The van der Waals surface area contributed by atoms with Gasteiger partial charge in [0.05, 0.1) is 23.7 Å². The number of aromatic hydroxyl groups is 1. The van der Waals surface area contributed by atoms with Crippen molar-refractivity contribution in [1.82, 2.24) is 0 Å². The van der Waals surface area contributed by atoms with Crippen LogP contribution >= 0.6 is 0 Å². The first-order valence-corrected chi connectivity index (χ1v) is 7.55. The summed E-state index contributed by atoms with van der Waals surface area (Å²) in [4.78, 5) is 10.9. The maximum absolute atomic E-state index is 11.9. The molecule has 0 aliphatic heterocycles. The smallest absolute Gasteiger partial charge is 0.335 e. The average molecular weight is 305 g/mol. The third kappa shape index (κ3) is 4.37. The van der Waals surface area contributed by atoms with E-state index in [2.05, 4.69) is 4.72 Å². The Hall–Kier alpha value is -1.83. The molecule has 1 aromatic rings. The minimum Gasteiger partial charge on any atom is -0.505 e. The number of halogens is 1. The number of carboxylic acids is 1. The van der Waals surface area contributed by atoms with Crippen LogP contribution in [0.1, 0.15) is 28.8 Å². The van der Waals surface area contributed by atoms with E-state index in [-0.39, 0.29) is 41.2 Å². The first-order valence-electron chi connectivity index (χ1n) is 5.90. The van der Waals surface area contributed by atoms with Gasteiger partial charge in [0, 0.05) is 0 Å². The molecule has 0 bridgehead atoms. The second-order valence-electron chi connectivity index (χ2n) is 4.31. The van der Waals surface area contributed by atoms with Crippen molar-refractivity contribution >= 4 is 21.7 Å². The van der Waals surface area contributed by atoms with Crippen molar-refractivity contribution in [2.45, 2.75) is 19.8 Å². The Labute approximate surface area is 116 Å². The number of unbranched alkanes of at least 4 members (excludes halogenated alkanes) is 1. The fraction of sp³-hybridized carbons (Fsp3) is 0.417. The van der Waals surface area contributed by atoms with Crippen LogP contribution in [0.5, 0.6) is 5.75 Å². The van der Waals surface area contributed by atoms with E-state index in [0.717, 1.165) is 6.07 Å². The van der Waals surface area contributed by atoms with Crippen molar-refractivity contribution < 1.29 is 27.8 Å². The third-order valence-corrected chi connectivity index (χ3v) is 3.97. The molecule has 112 valence electrons. The van der Waals surface area contributed by atoms with E-state index >= 15 is 0 Å². The molecule has 1 aromatic carbocycles. The molecular formula is C12H16FNO5S. The summed E-state index contributed by atoms with van der Waals surface area (Å²) < 4.78 is 37.5. The first-order chi connectivity index (χ1) is 9.26. The molecule has 0 unspecified atom stereocenters. The zero-order valence-electron chi connectivity index (χ0n) is 10.9. The van der Waals surface area contributed by atoms with Gasteiger partial charge in [-0.2, -0.15) is 0 Å². The van der Waals surface area contributed by atoms with E-state index < -0.39 is 22.7 Å². The maximum atomic E-state index is 11.9. The van der Waals surface area contributed by atoms with Gasteiger partial charge in [-0.1, -0.05) is 0 Å². The van der Waals surface area contributed by atoms with Gasteiger partial charge in [0.25, 0.3) is 0 Å². The molecule has 0 fully saturated rings. The molecule has 0 amide bonds. The van der Waals surface area contributed by atoms with Gasteiger partial charge in [0.15, 0.2) is 0 Å². The summed E-state index contributed by atoms with van der Waals surface area (Å²) in [6.45, 7) is 0.858. The molecule has 0 aliphatic carbocycles. The molecule has 8 heteroatoms. The highest BCUT2D eigenvalue weighted by Crippen LogP contribution is 2.29. The van der Waals surface area contributed by atoms with Crippen LogP contribution in [-0.4, -0.2) is 37.0 Å². The van der Waals surface area contributed by atoms with Crippen molar-refractivity contribution in [2.24, 2.45) is 0 Å². The highest BCUT2D eigenvalue weighted by atomic mass is 32.2. The van der Waals surface area contributed by atoms with E-state index in [1.165, 1.54) is 13.0 Å². The van der Waals surface area contributed by atoms with E-state index in [0.29, 0.717) is 0 Å². The van der Waals surface area contributed by atoms with Crippen molar-refractivity contribution in [3.63, 3.8) is 0 Å². The van der Waals surface area contributed by atoms with Crippen LogP contribution in [0.3, 0.4) is 0 Å². The number of rotatable bonds is 7. The molecule has 20 heavy (non-hydrogen) atoms. The molecule has 6 nitrogen and oxygen atoms in total. The number of hydrogen-bond acceptors (Lipinski definition) is 4. The summed E-state index contributed by atoms with van der Waals surface area (Å²) in [6.07, 6.45) is 0.269. The van der Waals surface area contributed by atoms with Crippen LogP contribution in [0, 0.1) is 6.92 Å². The van der Waals surface area contributed by atoms with Crippen LogP contribution in [0.15, 0.2) is 12.1 Å². The predicted molar refractivity (Wildman–Crippen MR) is 72.4 cm³/mol. The SMILES string of the molecule is Cc1cc(C(=O)O)cc(NS(=O)(=O)CCCCF)c1O. The van der Waals surface area contributed by atoms with Crippen molar-refractivity contribution in [2.75, 3.05) is 17.1 Å². The quantitative estimate of drug-likeness (QED) is 0.527. The summed E-state index contributed by atoms with van der Waals surface area (Å²) in [5.41, 5.74) is -0.0873. The number of aromatic carboxylic acids is 1. The largest absolute Gasteiger partial charge is 0.505 e. The number of phenols is 1. The summed E-state index contributed by atoms with van der Waals surface area (Å²) >= 11 is 0. The summed E-state index contributed by atoms with van der Waals surface area (Å²) in [6, 6.07) is 2.27. The highest BCUT2D eigenvalue weighted by Gasteiger charge is 2.16. The lowest BCUT2D eigenvalue weighted by atomic mass is 10.1. The van der Waals surface area contributed by atoms with Gasteiger partial charge in [-0.3, -0.25) is 9.11 Å². The molecule has 0 aromatic heterocycles. The zero-order chi connectivity index (χ0) is 15.3. The van der Waals surface area contributed by atoms with Crippen molar-refractivity contribution in [3.05, 3.63) is 23.3 Å². The van der Waals surface area contributed by atoms with Gasteiger partial charge in [-0.25, -0.2) is 13.2 Å². The number of carboxylic acid groups (broad SMARTS) is 1. The van der Waals surface area contributed by atoms with Crippen LogP contribution in [0.25, 0.3) is 0 Å². The van der Waals surface area contributed by atoms with Crippen LogP contribution in [0.2, 0.25) is 0 Å². The van der Waals surface area contributed by atoms with Gasteiger partial charge in [0.2, 0.25) is 10.0 Å². The summed E-state index contributed by atoms with van der Waals surface area (Å²) in [5.74, 6) is -1.86. The lowest BCUT2D eigenvalue weighted by molar-refractivity contribution is 0.0697. The molecule has 1 rings (SSSR count). The molecule has 0 saturated heterocycles. The molecule has 0 radical (unpaired) electrons. The fourth-order valence-corrected chi connectivity index (χ4v) is 2.76. The first kappa shape index (κ1) is 16.2. The molecule has 0 saturated carbocycles. The van der Waals surface area contributed by atoms with Gasteiger partial charge >= 0.3 is 5.97 Å². The second-order valence-corrected chi connectivity index (χ2v) is 6.15. The minimum absolute atomic E-state index is 0.126. The number of benzene rings is 1. The average Bonchev–Trinajstić information content (AvgIpc) is 2.34. The number of nitrogens with one attached hydrogen (secondary N) is 1. The monoisotopic (exact) mass is 305 g/mol. The van der Waals surface area contributed by atoms with Crippen LogP contribution < -0.4 is 4.72 Å². The highest BCUT2D eigenvalue weighted by molar-refractivity contribution is 7.92. The lowest BCUT2D eigenvalue weighted by Gasteiger charge is -2.12. The Balaban J connectivity index is 2.99. The van der Waals surface area contributed by atoms with Crippen LogP contribution in [-0.2, 0) is 10.0 Å². The van der Waals surface area contributed by atoms with Crippen LogP contribution in [0.4, 0.5) is 10.1 Å². The molecule has 0 aliphatic rings. The summed E-state index contributed by atoms with van der Waals surface area (Å²) in [5, 5.41) is 18.7. The Morgan fingerprint density at radius 2 is 2.00 bits per heavy atom. The van der Waals surface area contributed by atoms with E-state index in [1.54, 1.807) is 0 Å². The third-order valence-electron chi connectivity index (χ3n) is 2.61. The van der Waals surface area contributed by atoms with Crippen molar-refractivity contribution in [3.8, 4) is 5.75 Å². The van der Waals surface area contributed by atoms with Gasteiger partial charge in [-0.05, 0) is 37.5 Å². The number of anilines is 1. The minimum atomic E-state index is -3.76. The standard InChI is InChI=1S/C12H16FNO5S/c1-8-6-9(12(16)17)7-10(11(8)15)14-20(18,19)5-3-2-4-13/h6-7,14-15H,2-5H2,1H3,(H,16,17). The number of alkyl halides is 1. The number of sulfonamides is 1. The maximum Gasteiger partial charge on any atom is 0.335 e. The Bertz CT molecular complexity index is 600. The molecule has 3 N–H and O–H groups in total. The summed E-state index contributed by atoms with van der Waals surface area (Å²) in [7, 11) is -3.76. The molecule has 0 atom stereocenters. The van der Waals surface area contributed by atoms with Crippen molar-refractivity contribution in [1.29, 1.82) is 0 Å². The predicted octanol–water partition coefficient (Wildman–Crippen LogP) is 1.89. The second kappa shape index (κ2) is 6.56. The zero-order valence-corrected chi connectivity index (χ0v) is 11.7. The Kier molecular flexibility index (Phi) is 5.32. The lowest BCUT2D eigenvalue weighted by Crippen LogP contribution is -2.17. The molecular weight excluding hydrogens is 289 g/mol. The molecule has 0 heterocycles. The van der Waals surface area contributed by atoms with Gasteiger partial charge < -0.3 is 10.2 Å². The van der Waals surface area contributed by atoms with E-state index in [4.69, 9.17) is 5.11 Å². The van der Waals surface area contributed by atoms with Gasteiger partial charge in [0.1, 0.15) is 5.75 Å².